The highest BCUT2D eigenvalue weighted by molar-refractivity contribution is 5.80. The molecule has 2 aliphatic heterocycles. The molecule has 0 saturated heterocycles. The number of aromatic nitrogens is 4. The lowest BCUT2D eigenvalue weighted by Gasteiger charge is -2.30. The van der Waals surface area contributed by atoms with Crippen LogP contribution in [-0.4, -0.2) is 43.2 Å². The van der Waals surface area contributed by atoms with Crippen LogP contribution in [0, 0.1) is 0 Å². The summed E-state index contributed by atoms with van der Waals surface area (Å²) >= 11 is 0. The van der Waals surface area contributed by atoms with E-state index in [0.29, 0.717) is 26.4 Å². The molecule has 1 amide bonds. The first-order valence-electron chi connectivity index (χ1n) is 11.8. The first-order chi connectivity index (χ1) is 16.7. The number of imidazole rings is 2. The molecule has 0 atom stereocenters. The maximum absolute atomic E-state index is 13.2. The van der Waals surface area contributed by atoms with Crippen LogP contribution >= 0.6 is 0 Å². The number of fused-ring (bicyclic) bond motifs is 3. The number of rotatable bonds is 6. The van der Waals surface area contributed by atoms with Gasteiger partial charge in [-0.15, -0.1) is 0 Å². The van der Waals surface area contributed by atoms with Gasteiger partial charge in [-0.2, -0.15) is 0 Å². The summed E-state index contributed by atoms with van der Waals surface area (Å²) in [6, 6.07) is 14.0. The van der Waals surface area contributed by atoms with E-state index in [9.17, 15) is 4.79 Å². The molecule has 8 nitrogen and oxygen atoms in total. The Morgan fingerprint density at radius 3 is 2.85 bits per heavy atom. The Bertz CT molecular complexity index is 1370. The van der Waals surface area contributed by atoms with Gasteiger partial charge in [0.1, 0.15) is 12.4 Å². The minimum atomic E-state index is 0.111. The zero-order valence-electron chi connectivity index (χ0n) is 19.2. The lowest BCUT2D eigenvalue weighted by molar-refractivity contribution is -0.133. The molecule has 0 fully saturated rings. The van der Waals surface area contributed by atoms with Crippen molar-refractivity contribution in [3.05, 3.63) is 71.6 Å². The smallest absolute Gasteiger partial charge is 0.242 e. The summed E-state index contributed by atoms with van der Waals surface area (Å²) in [7, 11) is 0. The lowest BCUT2D eigenvalue weighted by Crippen LogP contribution is -2.40. The van der Waals surface area contributed by atoms with Crippen LogP contribution in [0.1, 0.15) is 29.7 Å². The predicted octanol–water partition coefficient (Wildman–Crippen LogP) is 3.35. The molecule has 6 rings (SSSR count). The quantitative estimate of drug-likeness (QED) is 0.444. The van der Waals surface area contributed by atoms with Gasteiger partial charge in [0.05, 0.1) is 35.3 Å². The van der Waals surface area contributed by atoms with E-state index in [1.54, 1.807) is 6.33 Å². The standard InChI is InChI=1S/C26H27N5O3/c1-2-19-22-14-29(26(32)15-30-16-27-20-5-3-4-6-21(20)30)11-12-31(22)25(28-19)10-8-18-7-9-23-24(13-18)34-17-33-23/h3-7,9,13,16H,2,8,10-12,14-15,17H2,1H3. The zero-order valence-corrected chi connectivity index (χ0v) is 19.2. The largest absolute Gasteiger partial charge is 0.454 e. The Kier molecular flexibility index (Phi) is 5.20. The summed E-state index contributed by atoms with van der Waals surface area (Å²) in [5, 5.41) is 0. The molecule has 0 bridgehead atoms. The van der Waals surface area contributed by atoms with Crippen molar-refractivity contribution in [1.82, 2.24) is 24.0 Å². The molecule has 2 aromatic heterocycles. The van der Waals surface area contributed by atoms with Gasteiger partial charge < -0.3 is 23.5 Å². The number of benzene rings is 2. The van der Waals surface area contributed by atoms with E-state index in [2.05, 4.69) is 28.6 Å². The van der Waals surface area contributed by atoms with E-state index >= 15 is 0 Å². The fraction of sp³-hybridized carbons (Fsp3) is 0.346. The van der Waals surface area contributed by atoms with Crippen LogP contribution in [0.15, 0.2) is 48.8 Å². The van der Waals surface area contributed by atoms with Crippen molar-refractivity contribution in [2.75, 3.05) is 13.3 Å². The molecule has 8 heteroatoms. The van der Waals surface area contributed by atoms with Crippen molar-refractivity contribution in [1.29, 1.82) is 0 Å². The summed E-state index contributed by atoms with van der Waals surface area (Å²) in [4.78, 5) is 24.5. The fourth-order valence-corrected chi connectivity index (χ4v) is 4.93. The van der Waals surface area contributed by atoms with E-state index < -0.39 is 0 Å². The molecule has 0 aliphatic carbocycles. The molecule has 0 radical (unpaired) electrons. The van der Waals surface area contributed by atoms with Crippen LogP contribution in [0.25, 0.3) is 11.0 Å². The fourth-order valence-electron chi connectivity index (χ4n) is 4.93. The van der Waals surface area contributed by atoms with Gasteiger partial charge in [-0.05, 0) is 42.7 Å². The Hall–Kier alpha value is -3.81. The first-order valence-corrected chi connectivity index (χ1v) is 11.8. The van der Waals surface area contributed by atoms with Crippen molar-refractivity contribution >= 4 is 16.9 Å². The number of ether oxygens (including phenoxy) is 2. The topological polar surface area (TPSA) is 74.4 Å². The minimum Gasteiger partial charge on any atom is -0.454 e. The molecule has 2 aliphatic rings. The number of hydrogen-bond acceptors (Lipinski definition) is 5. The molecule has 0 N–H and O–H groups in total. The molecule has 0 spiro atoms. The maximum atomic E-state index is 13.2. The van der Waals surface area contributed by atoms with Gasteiger partial charge >= 0.3 is 0 Å². The first kappa shape index (κ1) is 20.8. The second kappa shape index (κ2) is 8.52. The lowest BCUT2D eigenvalue weighted by atomic mass is 10.1. The van der Waals surface area contributed by atoms with Crippen molar-refractivity contribution in [2.24, 2.45) is 0 Å². The second-order valence-electron chi connectivity index (χ2n) is 8.79. The Balaban J connectivity index is 1.16. The molecular weight excluding hydrogens is 430 g/mol. The molecule has 4 heterocycles. The summed E-state index contributed by atoms with van der Waals surface area (Å²) in [6.45, 7) is 4.78. The van der Waals surface area contributed by atoms with Crippen LogP contribution < -0.4 is 9.47 Å². The van der Waals surface area contributed by atoms with Crippen LogP contribution in [0.4, 0.5) is 0 Å². The number of aryl methyl sites for hydroxylation is 3. The van der Waals surface area contributed by atoms with Gasteiger partial charge in [-0.25, -0.2) is 9.97 Å². The van der Waals surface area contributed by atoms with Gasteiger partial charge in [0, 0.05) is 19.5 Å². The third-order valence-corrected chi connectivity index (χ3v) is 6.76. The number of nitrogens with zero attached hydrogens (tertiary/aromatic N) is 5. The van der Waals surface area contributed by atoms with E-state index in [1.807, 2.05) is 39.8 Å². The Morgan fingerprint density at radius 1 is 1.06 bits per heavy atom. The highest BCUT2D eigenvalue weighted by Gasteiger charge is 2.26. The van der Waals surface area contributed by atoms with Gasteiger partial charge in [-0.1, -0.05) is 25.1 Å². The van der Waals surface area contributed by atoms with Gasteiger partial charge in [0.2, 0.25) is 12.7 Å². The van der Waals surface area contributed by atoms with E-state index in [0.717, 1.165) is 59.9 Å². The normalized spacial score (nSPS) is 14.6. The molecule has 0 saturated carbocycles. The molecular formula is C26H27N5O3. The maximum Gasteiger partial charge on any atom is 0.242 e. The van der Waals surface area contributed by atoms with Crippen LogP contribution in [0.5, 0.6) is 11.5 Å². The van der Waals surface area contributed by atoms with E-state index in [4.69, 9.17) is 14.5 Å². The molecule has 2 aromatic carbocycles. The number of para-hydroxylation sites is 2. The highest BCUT2D eigenvalue weighted by Crippen LogP contribution is 2.33. The summed E-state index contributed by atoms with van der Waals surface area (Å²) in [5.41, 5.74) is 5.36. The van der Waals surface area contributed by atoms with Crippen LogP contribution in [0.3, 0.4) is 0 Å². The van der Waals surface area contributed by atoms with Crippen molar-refractivity contribution in [3.8, 4) is 11.5 Å². The van der Waals surface area contributed by atoms with Gasteiger partial charge in [0.15, 0.2) is 11.5 Å². The van der Waals surface area contributed by atoms with Gasteiger partial charge in [-0.3, -0.25) is 4.79 Å². The molecule has 0 unspecified atom stereocenters. The van der Waals surface area contributed by atoms with Crippen LogP contribution in [0.2, 0.25) is 0 Å². The van der Waals surface area contributed by atoms with Crippen molar-refractivity contribution in [2.45, 2.75) is 45.8 Å². The summed E-state index contributed by atoms with van der Waals surface area (Å²) < 4.78 is 15.2. The summed E-state index contributed by atoms with van der Waals surface area (Å²) in [6.07, 6.45) is 4.34. The monoisotopic (exact) mass is 457 g/mol. The third kappa shape index (κ3) is 3.69. The zero-order chi connectivity index (χ0) is 23.1. The average molecular weight is 458 g/mol. The van der Waals surface area contributed by atoms with Gasteiger partial charge in [0.25, 0.3) is 0 Å². The predicted molar refractivity (Wildman–Crippen MR) is 127 cm³/mol. The molecule has 4 aromatic rings. The minimum absolute atomic E-state index is 0.111. The Morgan fingerprint density at radius 2 is 1.94 bits per heavy atom. The number of hydrogen-bond donors (Lipinski definition) is 0. The molecule has 34 heavy (non-hydrogen) atoms. The van der Waals surface area contributed by atoms with Crippen molar-refractivity contribution in [3.63, 3.8) is 0 Å². The summed E-state index contributed by atoms with van der Waals surface area (Å²) in [5.74, 6) is 2.83. The van der Waals surface area contributed by atoms with Crippen molar-refractivity contribution < 1.29 is 14.3 Å². The number of amides is 1. The molecule has 174 valence electrons. The highest BCUT2D eigenvalue weighted by atomic mass is 16.7. The van der Waals surface area contributed by atoms with Crippen LogP contribution in [-0.2, 0) is 43.7 Å². The number of carbonyl (C=O) groups is 1. The number of carbonyl (C=O) groups excluding carboxylic acids is 1. The SMILES string of the molecule is CCc1nc(CCc2ccc3c(c2)OCO3)n2c1CN(C(=O)Cn1cnc3ccccc31)CC2. The van der Waals surface area contributed by atoms with E-state index in [-0.39, 0.29) is 5.91 Å². The Labute approximate surface area is 197 Å². The second-order valence-corrected chi connectivity index (χ2v) is 8.79. The van der Waals surface area contributed by atoms with E-state index in [1.165, 1.54) is 11.3 Å². The average Bonchev–Trinajstić information content (AvgIpc) is 3.59. The third-order valence-electron chi connectivity index (χ3n) is 6.76.